The molecule has 136 valence electrons. The Balaban J connectivity index is 1.45. The number of rotatable bonds is 4. The molecular weight excluding hydrogens is 368 g/mol. The Labute approximate surface area is 160 Å². The van der Waals surface area contributed by atoms with Crippen molar-refractivity contribution in [2.24, 2.45) is 0 Å². The number of anilines is 3. The normalized spacial score (nSPS) is 11.9. The van der Waals surface area contributed by atoms with E-state index >= 15 is 0 Å². The Bertz CT molecular complexity index is 1010. The number of ether oxygens (including phenoxy) is 2. The number of carbonyl (C=O) groups excluding carboxylic acids is 1. The van der Waals surface area contributed by atoms with E-state index in [2.05, 4.69) is 20.6 Å². The van der Waals surface area contributed by atoms with Crippen molar-refractivity contribution in [1.82, 2.24) is 9.97 Å². The van der Waals surface area contributed by atoms with Crippen LogP contribution < -0.4 is 20.1 Å². The van der Waals surface area contributed by atoms with E-state index in [0.29, 0.717) is 28.0 Å². The number of halogens is 1. The SMILES string of the molecule is Cc1ccc(Cl)cc1Nc1cnc(C(=O)Nc2ccc3c(c2)OCO3)cn1. The highest BCUT2D eigenvalue weighted by molar-refractivity contribution is 6.30. The molecule has 0 unspecified atom stereocenters. The average molecular weight is 383 g/mol. The number of nitrogens with one attached hydrogen (secondary N) is 2. The van der Waals surface area contributed by atoms with Crippen LogP contribution in [-0.4, -0.2) is 22.7 Å². The van der Waals surface area contributed by atoms with Gasteiger partial charge in [-0.25, -0.2) is 9.97 Å². The van der Waals surface area contributed by atoms with Gasteiger partial charge in [-0.3, -0.25) is 4.79 Å². The lowest BCUT2D eigenvalue weighted by molar-refractivity contribution is 0.102. The summed E-state index contributed by atoms with van der Waals surface area (Å²) in [5.41, 5.74) is 2.63. The van der Waals surface area contributed by atoms with Crippen LogP contribution >= 0.6 is 11.6 Å². The third kappa shape index (κ3) is 3.78. The van der Waals surface area contributed by atoms with Gasteiger partial charge in [0, 0.05) is 22.5 Å². The van der Waals surface area contributed by atoms with Crippen molar-refractivity contribution in [2.45, 2.75) is 6.92 Å². The maximum Gasteiger partial charge on any atom is 0.275 e. The molecular formula is C19H15ClN4O3. The fraction of sp³-hybridized carbons (Fsp3) is 0.105. The van der Waals surface area contributed by atoms with Gasteiger partial charge in [0.05, 0.1) is 12.4 Å². The Morgan fingerprint density at radius 3 is 2.74 bits per heavy atom. The van der Waals surface area contributed by atoms with E-state index in [4.69, 9.17) is 21.1 Å². The number of benzene rings is 2. The lowest BCUT2D eigenvalue weighted by Crippen LogP contribution is -2.14. The molecule has 0 atom stereocenters. The summed E-state index contributed by atoms with van der Waals surface area (Å²) in [6, 6.07) is 10.7. The predicted molar refractivity (Wildman–Crippen MR) is 102 cm³/mol. The maximum atomic E-state index is 12.4. The van der Waals surface area contributed by atoms with E-state index < -0.39 is 0 Å². The van der Waals surface area contributed by atoms with E-state index in [9.17, 15) is 4.79 Å². The minimum absolute atomic E-state index is 0.179. The fourth-order valence-electron chi connectivity index (χ4n) is 2.55. The van der Waals surface area contributed by atoms with Crippen molar-refractivity contribution in [3.05, 3.63) is 65.1 Å². The third-order valence-corrected chi connectivity index (χ3v) is 4.21. The standard InChI is InChI=1S/C19H15ClN4O3/c1-11-2-3-12(20)6-14(11)24-18-9-21-15(8-22-18)19(25)23-13-4-5-16-17(7-13)27-10-26-16/h2-9H,10H2,1H3,(H,22,24)(H,23,25). The zero-order valence-electron chi connectivity index (χ0n) is 14.3. The summed E-state index contributed by atoms with van der Waals surface area (Å²) in [5, 5.41) is 6.52. The second-order valence-electron chi connectivity index (χ2n) is 5.89. The van der Waals surface area contributed by atoms with E-state index in [0.717, 1.165) is 11.3 Å². The highest BCUT2D eigenvalue weighted by Crippen LogP contribution is 2.34. The van der Waals surface area contributed by atoms with Gasteiger partial charge in [-0.2, -0.15) is 0 Å². The van der Waals surface area contributed by atoms with Crippen LogP contribution in [0.25, 0.3) is 0 Å². The van der Waals surface area contributed by atoms with Gasteiger partial charge in [0.1, 0.15) is 11.5 Å². The molecule has 8 heteroatoms. The predicted octanol–water partition coefficient (Wildman–Crippen LogP) is 4.16. The molecule has 0 bridgehead atoms. The van der Waals surface area contributed by atoms with Crippen molar-refractivity contribution in [1.29, 1.82) is 0 Å². The largest absolute Gasteiger partial charge is 0.454 e. The van der Waals surface area contributed by atoms with Crippen molar-refractivity contribution in [3.63, 3.8) is 0 Å². The van der Waals surface area contributed by atoms with Crippen LogP contribution in [0, 0.1) is 6.92 Å². The Morgan fingerprint density at radius 1 is 1.07 bits per heavy atom. The smallest absolute Gasteiger partial charge is 0.275 e. The first-order valence-corrected chi connectivity index (χ1v) is 8.52. The van der Waals surface area contributed by atoms with Gasteiger partial charge in [-0.05, 0) is 36.8 Å². The molecule has 3 aromatic rings. The number of amides is 1. The summed E-state index contributed by atoms with van der Waals surface area (Å²) < 4.78 is 10.5. The quantitative estimate of drug-likeness (QED) is 0.704. The Morgan fingerprint density at radius 2 is 1.93 bits per heavy atom. The lowest BCUT2D eigenvalue weighted by atomic mass is 10.2. The van der Waals surface area contributed by atoms with Gasteiger partial charge in [-0.1, -0.05) is 17.7 Å². The van der Waals surface area contributed by atoms with Gasteiger partial charge in [0.15, 0.2) is 11.5 Å². The maximum absolute atomic E-state index is 12.4. The molecule has 1 aliphatic heterocycles. The highest BCUT2D eigenvalue weighted by atomic mass is 35.5. The Hall–Kier alpha value is -3.32. The van der Waals surface area contributed by atoms with Crippen LogP contribution in [0.15, 0.2) is 48.8 Å². The van der Waals surface area contributed by atoms with Crippen LogP contribution in [0.4, 0.5) is 17.2 Å². The van der Waals surface area contributed by atoms with Crippen LogP contribution in [0.1, 0.15) is 16.1 Å². The average Bonchev–Trinajstić information content (AvgIpc) is 3.13. The molecule has 4 rings (SSSR count). The first-order chi connectivity index (χ1) is 13.1. The molecule has 27 heavy (non-hydrogen) atoms. The molecule has 0 spiro atoms. The van der Waals surface area contributed by atoms with E-state index in [1.807, 2.05) is 19.1 Å². The zero-order valence-corrected chi connectivity index (χ0v) is 15.1. The molecule has 1 aromatic heterocycles. The molecule has 2 heterocycles. The van der Waals surface area contributed by atoms with Gasteiger partial charge in [-0.15, -0.1) is 0 Å². The van der Waals surface area contributed by atoms with Gasteiger partial charge in [0.25, 0.3) is 5.91 Å². The second-order valence-corrected chi connectivity index (χ2v) is 6.33. The third-order valence-electron chi connectivity index (χ3n) is 3.98. The zero-order chi connectivity index (χ0) is 18.8. The summed E-state index contributed by atoms with van der Waals surface area (Å²) in [7, 11) is 0. The topological polar surface area (TPSA) is 85.4 Å². The first kappa shape index (κ1) is 17.1. The number of aromatic nitrogens is 2. The molecule has 0 saturated heterocycles. The monoisotopic (exact) mass is 382 g/mol. The summed E-state index contributed by atoms with van der Waals surface area (Å²) in [6.45, 7) is 2.14. The lowest BCUT2D eigenvalue weighted by Gasteiger charge is -2.09. The Kier molecular flexibility index (Phi) is 4.52. The van der Waals surface area contributed by atoms with Crippen LogP contribution in [0.2, 0.25) is 5.02 Å². The summed E-state index contributed by atoms with van der Waals surface area (Å²) in [6.07, 6.45) is 2.90. The van der Waals surface area contributed by atoms with Crippen molar-refractivity contribution in [2.75, 3.05) is 17.4 Å². The van der Waals surface area contributed by atoms with Gasteiger partial charge in [0.2, 0.25) is 6.79 Å². The highest BCUT2D eigenvalue weighted by Gasteiger charge is 2.15. The molecule has 2 aromatic carbocycles. The fourth-order valence-corrected chi connectivity index (χ4v) is 2.72. The minimum atomic E-state index is -0.369. The van der Waals surface area contributed by atoms with Crippen molar-refractivity contribution < 1.29 is 14.3 Å². The molecule has 0 radical (unpaired) electrons. The van der Waals surface area contributed by atoms with Crippen LogP contribution in [0.3, 0.4) is 0 Å². The summed E-state index contributed by atoms with van der Waals surface area (Å²) in [5.74, 6) is 1.39. The van der Waals surface area contributed by atoms with Crippen LogP contribution in [-0.2, 0) is 0 Å². The van der Waals surface area contributed by atoms with E-state index in [-0.39, 0.29) is 18.4 Å². The second kappa shape index (κ2) is 7.13. The first-order valence-electron chi connectivity index (χ1n) is 8.15. The molecule has 0 fully saturated rings. The van der Waals surface area contributed by atoms with Gasteiger partial charge < -0.3 is 20.1 Å². The van der Waals surface area contributed by atoms with Crippen LogP contribution in [0.5, 0.6) is 11.5 Å². The molecule has 0 saturated carbocycles. The number of fused-ring (bicyclic) bond motifs is 1. The van der Waals surface area contributed by atoms with E-state index in [1.54, 1.807) is 24.3 Å². The summed E-state index contributed by atoms with van der Waals surface area (Å²) in [4.78, 5) is 20.8. The number of nitrogens with zero attached hydrogens (tertiary/aromatic N) is 2. The number of carbonyl (C=O) groups is 1. The molecule has 0 aliphatic carbocycles. The minimum Gasteiger partial charge on any atom is -0.454 e. The van der Waals surface area contributed by atoms with Gasteiger partial charge >= 0.3 is 0 Å². The molecule has 1 amide bonds. The molecule has 2 N–H and O–H groups in total. The number of hydrogen-bond acceptors (Lipinski definition) is 6. The molecule has 1 aliphatic rings. The molecule has 7 nitrogen and oxygen atoms in total. The van der Waals surface area contributed by atoms with E-state index in [1.165, 1.54) is 12.4 Å². The summed E-state index contributed by atoms with van der Waals surface area (Å²) >= 11 is 6.02. The van der Waals surface area contributed by atoms with Crippen molar-refractivity contribution >= 4 is 34.7 Å². The van der Waals surface area contributed by atoms with Crippen molar-refractivity contribution in [3.8, 4) is 11.5 Å². The number of aryl methyl sites for hydroxylation is 1. The number of hydrogen-bond donors (Lipinski definition) is 2.